The Balaban J connectivity index is 1.88. The van der Waals surface area contributed by atoms with Gasteiger partial charge < -0.3 is 10.1 Å². The summed E-state index contributed by atoms with van der Waals surface area (Å²) < 4.78 is 18.6. The van der Waals surface area contributed by atoms with Crippen LogP contribution in [0.1, 0.15) is 33.8 Å². The second-order valence-electron chi connectivity index (χ2n) is 5.12. The van der Waals surface area contributed by atoms with Gasteiger partial charge >= 0.3 is 5.97 Å². The number of ether oxygens (including phenoxy) is 1. The maximum atomic E-state index is 13.6. The first-order valence-corrected chi connectivity index (χ1v) is 9.56. The minimum atomic E-state index is -0.642. The molecule has 0 spiro atoms. The minimum Gasteiger partial charge on any atom is -0.452 e. The molecule has 0 aliphatic carbocycles. The van der Waals surface area contributed by atoms with E-state index < -0.39 is 5.97 Å². The van der Waals surface area contributed by atoms with E-state index in [0.29, 0.717) is 11.3 Å². The van der Waals surface area contributed by atoms with Gasteiger partial charge in [0, 0.05) is 10.6 Å². The van der Waals surface area contributed by atoms with Crippen LogP contribution in [-0.2, 0) is 15.3 Å². The van der Waals surface area contributed by atoms with Crippen LogP contribution in [0.4, 0.5) is 4.39 Å². The number of thioether (sulfide) groups is 1. The predicted molar refractivity (Wildman–Crippen MR) is 94.8 cm³/mol. The minimum absolute atomic E-state index is 0.143. The van der Waals surface area contributed by atoms with Crippen LogP contribution in [0.25, 0.3) is 0 Å². The lowest BCUT2D eigenvalue weighted by atomic mass is 10.1. The predicted octanol–water partition coefficient (Wildman–Crippen LogP) is 3.78. The molecule has 0 unspecified atom stereocenters. The molecule has 1 heterocycles. The lowest BCUT2D eigenvalue weighted by Crippen LogP contribution is -2.30. The molecule has 1 aromatic heterocycles. The number of hydrogen-bond donors (Lipinski definition) is 1. The molecule has 1 N–H and O–H groups in total. The van der Waals surface area contributed by atoms with E-state index in [4.69, 9.17) is 4.74 Å². The Kier molecular flexibility index (Phi) is 6.81. The van der Waals surface area contributed by atoms with E-state index in [-0.39, 0.29) is 29.9 Å². The topological polar surface area (TPSA) is 55.4 Å². The van der Waals surface area contributed by atoms with Gasteiger partial charge in [0.15, 0.2) is 6.61 Å². The van der Waals surface area contributed by atoms with Crippen molar-refractivity contribution >= 4 is 35.0 Å². The molecule has 0 fully saturated rings. The van der Waals surface area contributed by atoms with Crippen LogP contribution in [0.3, 0.4) is 0 Å². The highest BCUT2D eigenvalue weighted by Crippen LogP contribution is 2.18. The average Bonchev–Trinajstić information content (AvgIpc) is 3.09. The second-order valence-corrected chi connectivity index (χ2v) is 6.97. The quantitative estimate of drug-likeness (QED) is 0.757. The van der Waals surface area contributed by atoms with E-state index in [1.54, 1.807) is 11.3 Å². The average molecular weight is 367 g/mol. The molecular weight excluding hydrogens is 349 g/mol. The zero-order chi connectivity index (χ0) is 17.5. The lowest BCUT2D eigenvalue weighted by molar-refractivity contribution is -0.124. The van der Waals surface area contributed by atoms with E-state index in [1.165, 1.54) is 30.0 Å². The molecule has 7 heteroatoms. The smallest absolute Gasteiger partial charge is 0.338 e. The first-order valence-electron chi connectivity index (χ1n) is 7.28. The molecule has 1 aromatic carbocycles. The van der Waals surface area contributed by atoms with E-state index >= 15 is 0 Å². The summed E-state index contributed by atoms with van der Waals surface area (Å²) in [7, 11) is 0. The van der Waals surface area contributed by atoms with E-state index in [2.05, 4.69) is 5.32 Å². The summed E-state index contributed by atoms with van der Waals surface area (Å²) in [5.74, 6) is -0.915. The highest BCUT2D eigenvalue weighted by molar-refractivity contribution is 7.97. The fourth-order valence-electron chi connectivity index (χ4n) is 2.07. The van der Waals surface area contributed by atoms with Crippen molar-refractivity contribution in [2.24, 2.45) is 0 Å². The third kappa shape index (κ3) is 5.07. The maximum absolute atomic E-state index is 13.6. The van der Waals surface area contributed by atoms with Crippen molar-refractivity contribution in [1.82, 2.24) is 5.32 Å². The third-order valence-corrected chi connectivity index (χ3v) is 4.92. The van der Waals surface area contributed by atoms with Crippen LogP contribution in [0.15, 0.2) is 35.7 Å². The molecule has 128 valence electrons. The second kappa shape index (κ2) is 8.84. The molecule has 2 aromatic rings. The van der Waals surface area contributed by atoms with Gasteiger partial charge in [-0.2, -0.15) is 11.8 Å². The van der Waals surface area contributed by atoms with Crippen molar-refractivity contribution in [3.63, 3.8) is 0 Å². The molecular formula is C17H18FNO3S2. The van der Waals surface area contributed by atoms with Crippen molar-refractivity contribution < 1.29 is 18.7 Å². The monoisotopic (exact) mass is 367 g/mol. The number of amides is 1. The molecule has 0 bridgehead atoms. The SMILES string of the molecule is CSCc1cc(C(=O)OCC(=O)N[C@H](C)c2cccs2)ccc1F. The van der Waals surface area contributed by atoms with Crippen molar-refractivity contribution in [3.05, 3.63) is 57.5 Å². The summed E-state index contributed by atoms with van der Waals surface area (Å²) in [6, 6.07) is 7.74. The number of hydrogen-bond acceptors (Lipinski definition) is 5. The number of benzene rings is 1. The molecule has 0 aliphatic heterocycles. The van der Waals surface area contributed by atoms with Crippen LogP contribution in [0.2, 0.25) is 0 Å². The Morgan fingerprint density at radius 2 is 2.17 bits per heavy atom. The lowest BCUT2D eigenvalue weighted by Gasteiger charge is -2.12. The Morgan fingerprint density at radius 3 is 2.83 bits per heavy atom. The Hall–Kier alpha value is -1.86. The number of rotatable bonds is 7. The molecule has 2 rings (SSSR count). The first kappa shape index (κ1) is 18.5. The summed E-state index contributed by atoms with van der Waals surface area (Å²) >= 11 is 3.00. The third-order valence-electron chi connectivity index (χ3n) is 3.26. The van der Waals surface area contributed by atoms with Crippen LogP contribution < -0.4 is 5.32 Å². The van der Waals surface area contributed by atoms with Crippen molar-refractivity contribution in [3.8, 4) is 0 Å². The van der Waals surface area contributed by atoms with Crippen molar-refractivity contribution in [1.29, 1.82) is 0 Å². The van der Waals surface area contributed by atoms with Gasteiger partial charge in [-0.1, -0.05) is 6.07 Å². The van der Waals surface area contributed by atoms with Gasteiger partial charge in [-0.15, -0.1) is 11.3 Å². The van der Waals surface area contributed by atoms with E-state index in [9.17, 15) is 14.0 Å². The zero-order valence-electron chi connectivity index (χ0n) is 13.4. The number of nitrogens with one attached hydrogen (secondary N) is 1. The Bertz CT molecular complexity index is 704. The number of halogens is 1. The highest BCUT2D eigenvalue weighted by atomic mass is 32.2. The molecule has 1 amide bonds. The Labute approximate surface area is 148 Å². The molecule has 0 aliphatic rings. The Morgan fingerprint density at radius 1 is 1.38 bits per heavy atom. The summed E-state index contributed by atoms with van der Waals surface area (Å²) in [5.41, 5.74) is 0.673. The fourth-order valence-corrected chi connectivity index (χ4v) is 3.34. The molecule has 1 atom stereocenters. The van der Waals surface area contributed by atoms with Crippen LogP contribution in [0, 0.1) is 5.82 Å². The molecule has 4 nitrogen and oxygen atoms in total. The number of carbonyl (C=O) groups is 2. The summed E-state index contributed by atoms with van der Waals surface area (Å²) in [4.78, 5) is 24.9. The highest BCUT2D eigenvalue weighted by Gasteiger charge is 2.15. The van der Waals surface area contributed by atoms with Crippen LogP contribution in [-0.4, -0.2) is 24.7 Å². The number of carbonyl (C=O) groups excluding carboxylic acids is 2. The van der Waals surface area contributed by atoms with Gasteiger partial charge in [-0.05, 0) is 48.4 Å². The standard InChI is InChI=1S/C17H18FNO3S2/c1-11(15-4-3-7-24-15)19-16(20)9-22-17(21)12-5-6-14(18)13(8-12)10-23-2/h3-8,11H,9-10H2,1-2H3,(H,19,20)/t11-/m1/s1. The molecule has 0 saturated carbocycles. The van der Waals surface area contributed by atoms with E-state index in [0.717, 1.165) is 4.88 Å². The maximum Gasteiger partial charge on any atom is 0.338 e. The van der Waals surface area contributed by atoms with Gasteiger partial charge in [0.05, 0.1) is 11.6 Å². The molecule has 24 heavy (non-hydrogen) atoms. The largest absolute Gasteiger partial charge is 0.452 e. The van der Waals surface area contributed by atoms with Crippen molar-refractivity contribution in [2.45, 2.75) is 18.7 Å². The first-order chi connectivity index (χ1) is 11.5. The zero-order valence-corrected chi connectivity index (χ0v) is 15.0. The summed E-state index contributed by atoms with van der Waals surface area (Å²) in [6.45, 7) is 1.49. The van der Waals surface area contributed by atoms with Crippen LogP contribution >= 0.6 is 23.1 Å². The summed E-state index contributed by atoms with van der Waals surface area (Å²) in [6.07, 6.45) is 1.85. The van der Waals surface area contributed by atoms with Crippen molar-refractivity contribution in [2.75, 3.05) is 12.9 Å². The molecule has 0 saturated heterocycles. The number of esters is 1. The van der Waals surface area contributed by atoms with Gasteiger partial charge in [0.25, 0.3) is 5.91 Å². The fraction of sp³-hybridized carbons (Fsp3) is 0.294. The van der Waals surface area contributed by atoms with Gasteiger partial charge in [0.2, 0.25) is 0 Å². The molecule has 0 radical (unpaired) electrons. The van der Waals surface area contributed by atoms with Crippen LogP contribution in [0.5, 0.6) is 0 Å². The van der Waals surface area contributed by atoms with Gasteiger partial charge in [-0.3, -0.25) is 4.79 Å². The van der Waals surface area contributed by atoms with Gasteiger partial charge in [0.1, 0.15) is 5.82 Å². The number of thiophene rings is 1. The van der Waals surface area contributed by atoms with Gasteiger partial charge in [-0.25, -0.2) is 9.18 Å². The summed E-state index contributed by atoms with van der Waals surface area (Å²) in [5, 5.41) is 4.69. The normalized spacial score (nSPS) is 11.8. The van der Waals surface area contributed by atoms with E-state index in [1.807, 2.05) is 30.7 Å².